The standard InChI is InChI=1S/C29H42BrN7O/c1-21(2)35(16-7-13-32-28(38)34-24-11-9-23(10-12-24)29(3,4)5)19-22-8-6-15-36(20-22)26-27-33-18-25(30)37(27)17-14-31-26/h9-12,14,17-18,21-22H,6-8,13,15-16,19-20H2,1-5H3,(H2,32,34,38). The van der Waals surface area contributed by atoms with E-state index in [4.69, 9.17) is 0 Å². The topological polar surface area (TPSA) is 77.8 Å². The molecule has 1 aliphatic heterocycles. The zero-order valence-electron chi connectivity index (χ0n) is 23.4. The molecule has 0 aliphatic carbocycles. The molecule has 4 rings (SSSR count). The number of carbonyl (C=O) groups excluding carboxylic acids is 1. The Balaban J connectivity index is 1.24. The van der Waals surface area contributed by atoms with Gasteiger partial charge in [-0.15, -0.1) is 0 Å². The fourth-order valence-corrected chi connectivity index (χ4v) is 5.50. The van der Waals surface area contributed by atoms with Crippen LogP contribution in [0.5, 0.6) is 0 Å². The summed E-state index contributed by atoms with van der Waals surface area (Å²) in [5, 5.41) is 5.96. The van der Waals surface area contributed by atoms with Crippen LogP contribution in [0.2, 0.25) is 0 Å². The summed E-state index contributed by atoms with van der Waals surface area (Å²) >= 11 is 3.57. The first-order chi connectivity index (χ1) is 18.1. The van der Waals surface area contributed by atoms with Crippen LogP contribution in [-0.2, 0) is 5.41 Å². The molecule has 1 aliphatic rings. The average molecular weight is 585 g/mol. The number of urea groups is 1. The third-order valence-corrected chi connectivity index (χ3v) is 7.91. The average Bonchev–Trinajstić information content (AvgIpc) is 3.26. The van der Waals surface area contributed by atoms with Gasteiger partial charge in [0.1, 0.15) is 4.60 Å². The molecule has 8 nitrogen and oxygen atoms in total. The van der Waals surface area contributed by atoms with Crippen molar-refractivity contribution in [2.75, 3.05) is 42.9 Å². The Morgan fingerprint density at radius 1 is 1.21 bits per heavy atom. The van der Waals surface area contributed by atoms with Gasteiger partial charge in [0.25, 0.3) is 0 Å². The Hall–Kier alpha value is -2.65. The van der Waals surface area contributed by atoms with Gasteiger partial charge in [0.2, 0.25) is 0 Å². The quantitative estimate of drug-likeness (QED) is 0.305. The summed E-state index contributed by atoms with van der Waals surface area (Å²) in [5.74, 6) is 1.53. The molecule has 1 aromatic carbocycles. The molecule has 2 N–H and O–H groups in total. The number of nitrogens with one attached hydrogen (secondary N) is 2. The Morgan fingerprint density at radius 3 is 2.68 bits per heavy atom. The van der Waals surface area contributed by atoms with E-state index in [2.05, 4.69) is 93.1 Å². The van der Waals surface area contributed by atoms with Gasteiger partial charge in [0.05, 0.1) is 6.20 Å². The number of piperidine rings is 1. The third kappa shape index (κ3) is 7.26. The zero-order chi connectivity index (χ0) is 27.3. The lowest BCUT2D eigenvalue weighted by atomic mass is 9.87. The van der Waals surface area contributed by atoms with Crippen molar-refractivity contribution in [3.63, 3.8) is 0 Å². The summed E-state index contributed by atoms with van der Waals surface area (Å²) < 4.78 is 2.98. The lowest BCUT2D eigenvalue weighted by molar-refractivity contribution is 0.174. The highest BCUT2D eigenvalue weighted by Crippen LogP contribution is 2.27. The largest absolute Gasteiger partial charge is 0.353 e. The number of imidazole rings is 1. The molecule has 3 heterocycles. The summed E-state index contributed by atoms with van der Waals surface area (Å²) in [7, 11) is 0. The molecule has 0 spiro atoms. The van der Waals surface area contributed by atoms with Crippen LogP contribution in [0, 0.1) is 5.92 Å². The van der Waals surface area contributed by atoms with Gasteiger partial charge in [0, 0.05) is 56.8 Å². The molecule has 9 heteroatoms. The maximum Gasteiger partial charge on any atom is 0.319 e. The highest BCUT2D eigenvalue weighted by atomic mass is 79.9. The number of anilines is 2. The van der Waals surface area contributed by atoms with E-state index in [0.29, 0.717) is 18.5 Å². The molecule has 2 aromatic heterocycles. The molecule has 3 aromatic rings. The zero-order valence-corrected chi connectivity index (χ0v) is 25.0. The summed E-state index contributed by atoms with van der Waals surface area (Å²) in [5.41, 5.74) is 3.06. The highest BCUT2D eigenvalue weighted by molar-refractivity contribution is 9.10. The van der Waals surface area contributed by atoms with E-state index in [-0.39, 0.29) is 11.4 Å². The molecular formula is C29H42BrN7O. The summed E-state index contributed by atoms with van der Waals surface area (Å²) in [6.07, 6.45) is 8.90. The van der Waals surface area contributed by atoms with E-state index in [0.717, 1.165) is 60.8 Å². The fourth-order valence-electron chi connectivity index (χ4n) is 5.11. The van der Waals surface area contributed by atoms with Crippen LogP contribution in [0.15, 0.2) is 47.5 Å². The lowest BCUT2D eigenvalue weighted by Crippen LogP contribution is -2.44. The van der Waals surface area contributed by atoms with Gasteiger partial charge in [-0.3, -0.25) is 4.40 Å². The number of benzene rings is 1. The van der Waals surface area contributed by atoms with Gasteiger partial charge < -0.3 is 20.4 Å². The first kappa shape index (κ1) is 28.4. The van der Waals surface area contributed by atoms with E-state index < -0.39 is 0 Å². The van der Waals surface area contributed by atoms with Crippen LogP contribution in [0.1, 0.15) is 59.4 Å². The second-order valence-electron chi connectivity index (χ2n) is 11.6. The number of fused-ring (bicyclic) bond motifs is 1. The second kappa shape index (κ2) is 12.5. The molecule has 0 radical (unpaired) electrons. The van der Waals surface area contributed by atoms with E-state index in [1.807, 2.05) is 35.1 Å². The van der Waals surface area contributed by atoms with Gasteiger partial charge in [-0.1, -0.05) is 32.9 Å². The minimum Gasteiger partial charge on any atom is -0.353 e. The van der Waals surface area contributed by atoms with Gasteiger partial charge in [-0.25, -0.2) is 14.8 Å². The Kier molecular flexibility index (Phi) is 9.31. The van der Waals surface area contributed by atoms with Crippen molar-refractivity contribution in [1.82, 2.24) is 24.6 Å². The van der Waals surface area contributed by atoms with Crippen molar-refractivity contribution in [1.29, 1.82) is 0 Å². The van der Waals surface area contributed by atoms with Crippen LogP contribution in [0.4, 0.5) is 16.3 Å². The fraction of sp³-hybridized carbons (Fsp3) is 0.552. The van der Waals surface area contributed by atoms with Crippen molar-refractivity contribution in [3.05, 3.63) is 53.0 Å². The molecular weight excluding hydrogens is 542 g/mol. The second-order valence-corrected chi connectivity index (χ2v) is 12.4. The monoisotopic (exact) mass is 583 g/mol. The minimum absolute atomic E-state index is 0.0984. The van der Waals surface area contributed by atoms with Crippen molar-refractivity contribution >= 4 is 39.1 Å². The van der Waals surface area contributed by atoms with Crippen molar-refractivity contribution in [2.24, 2.45) is 5.92 Å². The van der Waals surface area contributed by atoms with Crippen molar-refractivity contribution in [3.8, 4) is 0 Å². The Labute approximate surface area is 235 Å². The number of nitrogens with zero attached hydrogens (tertiary/aromatic N) is 5. The predicted molar refractivity (Wildman–Crippen MR) is 159 cm³/mol. The lowest BCUT2D eigenvalue weighted by Gasteiger charge is -2.37. The Morgan fingerprint density at radius 2 is 1.97 bits per heavy atom. The molecule has 1 atom stereocenters. The Bertz CT molecular complexity index is 1200. The molecule has 2 amide bonds. The highest BCUT2D eigenvalue weighted by Gasteiger charge is 2.25. The number of halogens is 1. The molecule has 0 saturated carbocycles. The number of hydrogen-bond acceptors (Lipinski definition) is 5. The van der Waals surface area contributed by atoms with Crippen LogP contribution < -0.4 is 15.5 Å². The smallest absolute Gasteiger partial charge is 0.319 e. The van der Waals surface area contributed by atoms with Gasteiger partial charge >= 0.3 is 6.03 Å². The normalized spacial score (nSPS) is 16.4. The minimum atomic E-state index is -0.153. The SMILES string of the molecule is CC(C)N(CCCNC(=O)Nc1ccc(C(C)(C)C)cc1)CC1CCCN(c2nccn3c(Br)cnc23)C1. The molecule has 38 heavy (non-hydrogen) atoms. The van der Waals surface area contributed by atoms with Gasteiger partial charge in [0.15, 0.2) is 11.5 Å². The van der Waals surface area contributed by atoms with Crippen LogP contribution in [0.3, 0.4) is 0 Å². The predicted octanol–water partition coefficient (Wildman–Crippen LogP) is 5.93. The molecule has 1 saturated heterocycles. The summed E-state index contributed by atoms with van der Waals surface area (Å²) in [4.78, 5) is 26.6. The number of rotatable bonds is 9. The van der Waals surface area contributed by atoms with E-state index in [1.165, 1.54) is 12.0 Å². The molecule has 0 bridgehead atoms. The van der Waals surface area contributed by atoms with E-state index >= 15 is 0 Å². The number of carbonyl (C=O) groups is 1. The van der Waals surface area contributed by atoms with Gasteiger partial charge in [-0.05, 0) is 78.1 Å². The van der Waals surface area contributed by atoms with Crippen molar-refractivity contribution in [2.45, 2.75) is 65.3 Å². The number of amides is 2. The van der Waals surface area contributed by atoms with Crippen LogP contribution in [-0.4, -0.2) is 64.1 Å². The molecule has 1 fully saturated rings. The number of hydrogen-bond donors (Lipinski definition) is 2. The molecule has 1 unspecified atom stereocenters. The first-order valence-electron chi connectivity index (χ1n) is 13.7. The van der Waals surface area contributed by atoms with E-state index in [1.54, 1.807) is 0 Å². The first-order valence-corrected chi connectivity index (χ1v) is 14.5. The molecule has 206 valence electrons. The maximum atomic E-state index is 12.4. The van der Waals surface area contributed by atoms with Crippen LogP contribution >= 0.6 is 15.9 Å². The summed E-state index contributed by atoms with van der Waals surface area (Å²) in [6, 6.07) is 8.38. The third-order valence-electron chi connectivity index (χ3n) is 7.32. The maximum absolute atomic E-state index is 12.4. The van der Waals surface area contributed by atoms with Crippen molar-refractivity contribution < 1.29 is 4.79 Å². The summed E-state index contributed by atoms with van der Waals surface area (Å²) in [6.45, 7) is 15.7. The number of aromatic nitrogens is 3. The van der Waals surface area contributed by atoms with Crippen LogP contribution in [0.25, 0.3) is 5.65 Å². The van der Waals surface area contributed by atoms with Gasteiger partial charge in [-0.2, -0.15) is 0 Å². The van der Waals surface area contributed by atoms with E-state index in [9.17, 15) is 4.79 Å².